The van der Waals surface area contributed by atoms with Crippen LogP contribution in [-0.4, -0.2) is 16.9 Å². The van der Waals surface area contributed by atoms with E-state index in [9.17, 15) is 4.79 Å². The van der Waals surface area contributed by atoms with Crippen LogP contribution in [0, 0.1) is 11.8 Å². The summed E-state index contributed by atoms with van der Waals surface area (Å²) in [4.78, 5) is 15.9. The van der Waals surface area contributed by atoms with Gasteiger partial charge < -0.3 is 5.32 Å². The highest BCUT2D eigenvalue weighted by molar-refractivity contribution is 6.29. The lowest BCUT2D eigenvalue weighted by Crippen LogP contribution is -2.37. The van der Waals surface area contributed by atoms with Crippen LogP contribution in [0.15, 0.2) is 18.3 Å². The number of carbonyl (C=O) groups is 1. The van der Waals surface area contributed by atoms with Gasteiger partial charge in [0.25, 0.3) is 5.91 Å². The number of rotatable bonds is 5. The summed E-state index contributed by atoms with van der Waals surface area (Å²) in [6.07, 6.45) is 2.60. The summed E-state index contributed by atoms with van der Waals surface area (Å²) in [7, 11) is 0. The second-order valence-electron chi connectivity index (χ2n) is 5.24. The third-order valence-corrected chi connectivity index (χ3v) is 3.27. The molecule has 1 amide bonds. The monoisotopic (exact) mass is 268 g/mol. The maximum Gasteiger partial charge on any atom is 0.253 e. The Hall–Kier alpha value is -1.09. The molecule has 18 heavy (non-hydrogen) atoms. The van der Waals surface area contributed by atoms with Crippen molar-refractivity contribution < 1.29 is 4.79 Å². The number of nitrogens with one attached hydrogen (secondary N) is 1. The summed E-state index contributed by atoms with van der Waals surface area (Å²) in [5, 5.41) is 3.39. The fourth-order valence-corrected chi connectivity index (χ4v) is 2.00. The molecule has 0 aromatic carbocycles. The number of pyridine rings is 1. The summed E-state index contributed by atoms with van der Waals surface area (Å²) in [5.41, 5.74) is 0.544. The van der Waals surface area contributed by atoms with E-state index in [0.29, 0.717) is 22.6 Å². The Kier molecular flexibility index (Phi) is 5.60. The standard InChI is InChI=1S/C14H21ClN2O/c1-9(2)7-10(3)11(4)17-14(18)12-5-6-13(15)16-8-12/h5-6,8-11H,7H2,1-4H3,(H,17,18). The maximum absolute atomic E-state index is 12.0. The van der Waals surface area contributed by atoms with Gasteiger partial charge in [-0.2, -0.15) is 0 Å². The predicted octanol–water partition coefficient (Wildman–Crippen LogP) is 3.54. The molecule has 0 saturated carbocycles. The Morgan fingerprint density at radius 1 is 1.33 bits per heavy atom. The number of hydrogen-bond donors (Lipinski definition) is 1. The van der Waals surface area contributed by atoms with Gasteiger partial charge in [-0.25, -0.2) is 4.98 Å². The van der Waals surface area contributed by atoms with Gasteiger partial charge in [0.1, 0.15) is 5.15 Å². The van der Waals surface area contributed by atoms with Crippen LogP contribution in [0.2, 0.25) is 5.15 Å². The van der Waals surface area contributed by atoms with Gasteiger partial charge >= 0.3 is 0 Å². The first-order valence-electron chi connectivity index (χ1n) is 6.32. The average Bonchev–Trinajstić information content (AvgIpc) is 2.28. The quantitative estimate of drug-likeness (QED) is 0.830. The van der Waals surface area contributed by atoms with E-state index in [0.717, 1.165) is 6.42 Å². The summed E-state index contributed by atoms with van der Waals surface area (Å²) < 4.78 is 0. The Morgan fingerprint density at radius 3 is 2.50 bits per heavy atom. The molecule has 2 atom stereocenters. The fraction of sp³-hybridized carbons (Fsp3) is 0.571. The van der Waals surface area contributed by atoms with E-state index in [2.05, 4.69) is 31.1 Å². The van der Waals surface area contributed by atoms with Crippen molar-refractivity contribution in [3.05, 3.63) is 29.0 Å². The molecule has 1 aromatic heterocycles. The van der Waals surface area contributed by atoms with Crippen molar-refractivity contribution in [1.29, 1.82) is 0 Å². The molecular weight excluding hydrogens is 248 g/mol. The molecule has 0 radical (unpaired) electrons. The number of hydrogen-bond acceptors (Lipinski definition) is 2. The van der Waals surface area contributed by atoms with Gasteiger partial charge in [0.05, 0.1) is 5.56 Å². The van der Waals surface area contributed by atoms with Crippen molar-refractivity contribution in [2.45, 2.75) is 40.2 Å². The SMILES string of the molecule is CC(C)CC(C)C(C)NC(=O)c1ccc(Cl)nc1. The first kappa shape index (κ1) is 15.0. The largest absolute Gasteiger partial charge is 0.349 e. The van der Waals surface area contributed by atoms with Gasteiger partial charge in [-0.15, -0.1) is 0 Å². The van der Waals surface area contributed by atoms with Crippen molar-refractivity contribution in [3.63, 3.8) is 0 Å². The molecule has 0 spiro atoms. The molecule has 4 heteroatoms. The molecule has 0 bridgehead atoms. The van der Waals surface area contributed by atoms with E-state index in [1.807, 2.05) is 6.92 Å². The van der Waals surface area contributed by atoms with Gasteiger partial charge in [-0.1, -0.05) is 32.4 Å². The minimum Gasteiger partial charge on any atom is -0.349 e. The molecule has 1 aromatic rings. The highest BCUT2D eigenvalue weighted by Crippen LogP contribution is 2.15. The minimum absolute atomic E-state index is 0.0951. The van der Waals surface area contributed by atoms with Crippen molar-refractivity contribution in [1.82, 2.24) is 10.3 Å². The Balaban J connectivity index is 2.56. The second kappa shape index (κ2) is 6.74. The summed E-state index contributed by atoms with van der Waals surface area (Å²) in [6.45, 7) is 8.57. The first-order chi connectivity index (χ1) is 8.40. The van der Waals surface area contributed by atoms with Crippen molar-refractivity contribution >= 4 is 17.5 Å². The lowest BCUT2D eigenvalue weighted by molar-refractivity contribution is 0.0925. The fourth-order valence-electron chi connectivity index (χ4n) is 1.89. The lowest BCUT2D eigenvalue weighted by atomic mass is 9.93. The number of nitrogens with zero attached hydrogens (tertiary/aromatic N) is 1. The summed E-state index contributed by atoms with van der Waals surface area (Å²) in [5.74, 6) is 0.994. The molecule has 0 fully saturated rings. The zero-order valence-electron chi connectivity index (χ0n) is 11.4. The zero-order chi connectivity index (χ0) is 13.7. The number of amides is 1. The third kappa shape index (κ3) is 4.65. The molecule has 0 aliphatic heterocycles. The Bertz CT molecular complexity index is 389. The smallest absolute Gasteiger partial charge is 0.253 e. The molecule has 2 unspecified atom stereocenters. The summed E-state index contributed by atoms with van der Waals surface area (Å²) >= 11 is 5.69. The van der Waals surface area contributed by atoms with Crippen LogP contribution in [-0.2, 0) is 0 Å². The normalized spacial score (nSPS) is 14.3. The van der Waals surface area contributed by atoms with Crippen LogP contribution < -0.4 is 5.32 Å². The number of aromatic nitrogens is 1. The van der Waals surface area contributed by atoms with Gasteiger partial charge in [0, 0.05) is 12.2 Å². The van der Waals surface area contributed by atoms with Crippen LogP contribution in [0.3, 0.4) is 0 Å². The van der Waals surface area contributed by atoms with E-state index in [1.165, 1.54) is 6.20 Å². The van der Waals surface area contributed by atoms with E-state index in [-0.39, 0.29) is 11.9 Å². The molecule has 1 N–H and O–H groups in total. The minimum atomic E-state index is -0.0951. The van der Waals surface area contributed by atoms with Crippen LogP contribution in [0.25, 0.3) is 0 Å². The van der Waals surface area contributed by atoms with Crippen LogP contribution in [0.1, 0.15) is 44.5 Å². The van der Waals surface area contributed by atoms with Crippen LogP contribution >= 0.6 is 11.6 Å². The van der Waals surface area contributed by atoms with Crippen LogP contribution in [0.5, 0.6) is 0 Å². The molecule has 3 nitrogen and oxygen atoms in total. The number of halogens is 1. The molecule has 0 aliphatic carbocycles. The summed E-state index contributed by atoms with van der Waals surface area (Å²) in [6, 6.07) is 3.46. The van der Waals surface area contributed by atoms with Gasteiger partial charge in [0.2, 0.25) is 0 Å². The third-order valence-electron chi connectivity index (χ3n) is 3.05. The van der Waals surface area contributed by atoms with Gasteiger partial charge in [0.15, 0.2) is 0 Å². The Labute approximate surface area is 114 Å². The highest BCUT2D eigenvalue weighted by atomic mass is 35.5. The molecule has 1 rings (SSSR count). The number of carbonyl (C=O) groups excluding carboxylic acids is 1. The average molecular weight is 269 g/mol. The zero-order valence-corrected chi connectivity index (χ0v) is 12.2. The Morgan fingerprint density at radius 2 is 2.00 bits per heavy atom. The molecule has 100 valence electrons. The van der Waals surface area contributed by atoms with E-state index in [1.54, 1.807) is 12.1 Å². The first-order valence-corrected chi connectivity index (χ1v) is 6.70. The van der Waals surface area contributed by atoms with Crippen molar-refractivity contribution in [3.8, 4) is 0 Å². The second-order valence-corrected chi connectivity index (χ2v) is 5.63. The van der Waals surface area contributed by atoms with Crippen LogP contribution in [0.4, 0.5) is 0 Å². The van der Waals surface area contributed by atoms with E-state index in [4.69, 9.17) is 11.6 Å². The molecule has 0 saturated heterocycles. The van der Waals surface area contributed by atoms with E-state index < -0.39 is 0 Å². The highest BCUT2D eigenvalue weighted by Gasteiger charge is 2.16. The molecule has 1 heterocycles. The topological polar surface area (TPSA) is 42.0 Å². The maximum atomic E-state index is 12.0. The van der Waals surface area contributed by atoms with Gasteiger partial charge in [-0.05, 0) is 37.3 Å². The van der Waals surface area contributed by atoms with Gasteiger partial charge in [-0.3, -0.25) is 4.79 Å². The predicted molar refractivity (Wildman–Crippen MR) is 74.8 cm³/mol. The van der Waals surface area contributed by atoms with Crippen molar-refractivity contribution in [2.24, 2.45) is 11.8 Å². The molecular formula is C14H21ClN2O. The molecule has 0 aliphatic rings. The lowest BCUT2D eigenvalue weighted by Gasteiger charge is -2.22. The van der Waals surface area contributed by atoms with E-state index >= 15 is 0 Å². The van der Waals surface area contributed by atoms with Crippen molar-refractivity contribution in [2.75, 3.05) is 0 Å².